The summed E-state index contributed by atoms with van der Waals surface area (Å²) >= 11 is 0. The number of fused-ring (bicyclic) bond motifs is 2. The summed E-state index contributed by atoms with van der Waals surface area (Å²) in [7, 11) is 0. The van der Waals surface area contributed by atoms with Crippen LogP contribution in [0.1, 0.15) is 18.5 Å². The Bertz CT molecular complexity index is 919. The van der Waals surface area contributed by atoms with Crippen LogP contribution in [-0.4, -0.2) is 68.9 Å². The Morgan fingerprint density at radius 1 is 1.30 bits per heavy atom. The van der Waals surface area contributed by atoms with Gasteiger partial charge in [-0.25, -0.2) is 18.2 Å². The van der Waals surface area contributed by atoms with E-state index in [1.165, 1.54) is 17.2 Å². The molecule has 4 rings (SSSR count). The molecule has 0 aromatic carbocycles. The van der Waals surface area contributed by atoms with Crippen molar-refractivity contribution in [1.29, 1.82) is 0 Å². The van der Waals surface area contributed by atoms with Gasteiger partial charge in [0.2, 0.25) is 12.1 Å². The minimum atomic E-state index is -2.11. The van der Waals surface area contributed by atoms with Crippen molar-refractivity contribution in [3.63, 3.8) is 0 Å². The van der Waals surface area contributed by atoms with Crippen molar-refractivity contribution < 1.29 is 23.1 Å². The molecule has 2 aromatic rings. The summed E-state index contributed by atoms with van der Waals surface area (Å²) in [5, 5.41) is 11.9. The van der Waals surface area contributed by atoms with Gasteiger partial charge in [0.1, 0.15) is 24.0 Å². The Morgan fingerprint density at radius 2 is 2.03 bits per heavy atom. The Kier molecular flexibility index (Phi) is 5.71. The maximum absolute atomic E-state index is 13.8. The number of nitrogens with one attached hydrogen (secondary N) is 1. The number of carbonyl (C=O) groups is 1. The lowest BCUT2D eigenvalue weighted by molar-refractivity contribution is -0.140. The number of aliphatic hydroxyl groups is 1. The van der Waals surface area contributed by atoms with Crippen molar-refractivity contribution >= 4 is 23.4 Å². The first kappa shape index (κ1) is 20.3. The van der Waals surface area contributed by atoms with Crippen molar-refractivity contribution in [1.82, 2.24) is 19.9 Å². The Balaban J connectivity index is 1.47. The summed E-state index contributed by atoms with van der Waals surface area (Å²) in [5.74, 6) is -0.581. The van der Waals surface area contributed by atoms with Crippen molar-refractivity contribution in [2.24, 2.45) is 0 Å². The summed E-state index contributed by atoms with van der Waals surface area (Å²) in [6.45, 7) is -0.893. The Hall–Kier alpha value is -2.95. The molecule has 0 aliphatic carbocycles. The van der Waals surface area contributed by atoms with Crippen LogP contribution in [0.5, 0.6) is 0 Å². The second kappa shape index (κ2) is 8.42. The van der Waals surface area contributed by atoms with Crippen LogP contribution in [-0.2, 0) is 11.4 Å². The van der Waals surface area contributed by atoms with Crippen LogP contribution in [0.25, 0.3) is 0 Å². The number of alkyl halides is 2. The molecule has 0 saturated carbocycles. The summed E-state index contributed by atoms with van der Waals surface area (Å²) in [4.78, 5) is 28.0. The van der Waals surface area contributed by atoms with Crippen LogP contribution in [0.3, 0.4) is 0 Å². The van der Waals surface area contributed by atoms with Gasteiger partial charge in [0.15, 0.2) is 0 Å². The molecule has 2 saturated heterocycles. The number of anilines is 3. The molecule has 160 valence electrons. The molecule has 2 aliphatic heterocycles. The number of nitrogens with zero attached hydrogens (tertiary/aromatic N) is 5. The van der Waals surface area contributed by atoms with Crippen molar-refractivity contribution in [3.8, 4) is 0 Å². The van der Waals surface area contributed by atoms with E-state index in [1.54, 1.807) is 12.3 Å². The maximum Gasteiger partial charge on any atom is 0.260 e. The zero-order chi connectivity index (χ0) is 21.3. The number of carbonyl (C=O) groups excluding carboxylic acids is 1. The van der Waals surface area contributed by atoms with E-state index in [4.69, 9.17) is 5.11 Å². The molecule has 30 heavy (non-hydrogen) atoms. The summed E-state index contributed by atoms with van der Waals surface area (Å²) in [5.41, 5.74) is 0.277. The number of hydrogen-bond donors (Lipinski definition) is 2. The van der Waals surface area contributed by atoms with E-state index in [0.29, 0.717) is 24.6 Å². The molecule has 2 fully saturated rings. The largest absolute Gasteiger partial charge is 0.390 e. The molecular weight excluding hydrogens is 401 g/mol. The monoisotopic (exact) mass is 422 g/mol. The fourth-order valence-corrected chi connectivity index (χ4v) is 4.04. The van der Waals surface area contributed by atoms with Crippen molar-refractivity contribution in [2.75, 3.05) is 30.0 Å². The second-order valence-electron chi connectivity index (χ2n) is 7.33. The van der Waals surface area contributed by atoms with Crippen LogP contribution >= 0.6 is 0 Å². The Labute approximate surface area is 170 Å². The lowest BCUT2D eigenvalue weighted by atomic mass is 10.1. The molecule has 0 unspecified atom stereocenters. The highest BCUT2D eigenvalue weighted by atomic mass is 19.2. The molecule has 0 spiro atoms. The Morgan fingerprint density at radius 3 is 2.67 bits per heavy atom. The van der Waals surface area contributed by atoms with Gasteiger partial charge in [-0.2, -0.15) is 4.98 Å². The molecule has 0 radical (unpaired) electrons. The molecule has 11 heteroatoms. The number of piperazine rings is 1. The standard InChI is InChI=1S/C19H21F3N6O2/c20-6-15(22)18(30)28-12-1-2-13(28)9-27(8-12)17-3-4-23-19(26-17)25-11-5-14(21)16(10-29)24-7-11/h3-5,7,12-13,15,29H,1-2,6,8-10H2,(H,23,25,26)/t12-,13+,15-/m0/s1. The molecule has 2 aliphatic rings. The lowest BCUT2D eigenvalue weighted by Crippen LogP contribution is -2.58. The second-order valence-corrected chi connectivity index (χ2v) is 7.33. The van der Waals surface area contributed by atoms with E-state index in [-0.39, 0.29) is 23.7 Å². The van der Waals surface area contributed by atoms with E-state index in [1.807, 2.05) is 4.90 Å². The topological polar surface area (TPSA) is 94.5 Å². The van der Waals surface area contributed by atoms with E-state index in [2.05, 4.69) is 20.3 Å². The summed E-state index contributed by atoms with van der Waals surface area (Å²) in [6.07, 6.45) is 2.26. The highest BCUT2D eigenvalue weighted by Gasteiger charge is 2.44. The highest BCUT2D eigenvalue weighted by Crippen LogP contribution is 2.33. The number of hydrogen-bond acceptors (Lipinski definition) is 7. The van der Waals surface area contributed by atoms with Crippen LogP contribution in [0.2, 0.25) is 0 Å². The van der Waals surface area contributed by atoms with Crippen molar-refractivity contribution in [2.45, 2.75) is 37.7 Å². The minimum Gasteiger partial charge on any atom is -0.390 e. The number of aliphatic hydroxyl groups excluding tert-OH is 1. The van der Waals surface area contributed by atoms with Gasteiger partial charge in [0, 0.05) is 37.4 Å². The first-order chi connectivity index (χ1) is 14.5. The van der Waals surface area contributed by atoms with Gasteiger partial charge in [-0.15, -0.1) is 0 Å². The molecule has 3 atom stereocenters. The number of pyridine rings is 1. The number of halogens is 3. The third kappa shape index (κ3) is 3.89. The highest BCUT2D eigenvalue weighted by molar-refractivity contribution is 5.82. The van der Waals surface area contributed by atoms with Crippen LogP contribution in [0.15, 0.2) is 24.5 Å². The number of aromatic nitrogens is 3. The maximum atomic E-state index is 13.8. The smallest absolute Gasteiger partial charge is 0.260 e. The van der Waals surface area contributed by atoms with E-state index in [9.17, 15) is 18.0 Å². The van der Waals surface area contributed by atoms with Gasteiger partial charge in [-0.1, -0.05) is 0 Å². The first-order valence-corrected chi connectivity index (χ1v) is 9.62. The fraction of sp³-hybridized carbons (Fsp3) is 0.474. The molecule has 2 aromatic heterocycles. The quantitative estimate of drug-likeness (QED) is 0.732. The number of amides is 1. The average Bonchev–Trinajstić information content (AvgIpc) is 3.02. The summed E-state index contributed by atoms with van der Waals surface area (Å²) in [6, 6.07) is 2.51. The minimum absolute atomic E-state index is 0.0543. The van der Waals surface area contributed by atoms with E-state index in [0.717, 1.165) is 12.8 Å². The fourth-order valence-electron chi connectivity index (χ4n) is 4.04. The molecule has 2 bridgehead atoms. The molecule has 8 nitrogen and oxygen atoms in total. The average molecular weight is 422 g/mol. The van der Waals surface area contributed by atoms with Gasteiger partial charge in [0.25, 0.3) is 5.91 Å². The van der Waals surface area contributed by atoms with Gasteiger partial charge in [0.05, 0.1) is 18.5 Å². The molecular formula is C19H21F3N6O2. The van der Waals surface area contributed by atoms with Crippen LogP contribution < -0.4 is 10.2 Å². The van der Waals surface area contributed by atoms with E-state index >= 15 is 0 Å². The zero-order valence-electron chi connectivity index (χ0n) is 16.0. The van der Waals surface area contributed by atoms with Gasteiger partial charge >= 0.3 is 0 Å². The van der Waals surface area contributed by atoms with E-state index < -0.39 is 31.2 Å². The van der Waals surface area contributed by atoms with Gasteiger partial charge in [-0.05, 0) is 18.9 Å². The normalized spacial score (nSPS) is 21.6. The van der Waals surface area contributed by atoms with Gasteiger partial charge in [-0.3, -0.25) is 9.78 Å². The molecule has 1 amide bonds. The molecule has 4 heterocycles. The SMILES string of the molecule is O=C([C@@H](F)CF)N1[C@@H]2CC[C@H]1CN(c1ccnc(Nc3cnc(CO)c(F)c3)n1)C2. The molecule has 2 N–H and O–H groups in total. The predicted octanol–water partition coefficient (Wildman–Crippen LogP) is 1.73. The van der Waals surface area contributed by atoms with Crippen LogP contribution in [0, 0.1) is 5.82 Å². The van der Waals surface area contributed by atoms with Crippen LogP contribution in [0.4, 0.5) is 30.6 Å². The zero-order valence-corrected chi connectivity index (χ0v) is 16.0. The summed E-state index contributed by atoms with van der Waals surface area (Å²) < 4.78 is 40.0. The number of rotatable bonds is 6. The lowest BCUT2D eigenvalue weighted by Gasteiger charge is -2.41. The third-order valence-electron chi connectivity index (χ3n) is 5.43. The van der Waals surface area contributed by atoms with Gasteiger partial charge < -0.3 is 20.2 Å². The predicted molar refractivity (Wildman–Crippen MR) is 102 cm³/mol. The van der Waals surface area contributed by atoms with Crippen molar-refractivity contribution in [3.05, 3.63) is 36.0 Å². The first-order valence-electron chi connectivity index (χ1n) is 9.62. The third-order valence-corrected chi connectivity index (χ3v) is 5.43.